The zero-order valence-corrected chi connectivity index (χ0v) is 10.2. The molecular weight excluding hydrogens is 307 g/mol. The molecule has 0 atom stereocenters. The molecule has 2 N–H and O–H groups in total. The van der Waals surface area contributed by atoms with Crippen molar-refractivity contribution in [3.8, 4) is 6.07 Å². The summed E-state index contributed by atoms with van der Waals surface area (Å²) in [5.41, 5.74) is 6.65. The van der Waals surface area contributed by atoms with Crippen LogP contribution in [0.25, 0.3) is 10.1 Å². The molecule has 2 aromatic rings. The van der Waals surface area contributed by atoms with Crippen molar-refractivity contribution in [2.24, 2.45) is 0 Å². The van der Waals surface area contributed by atoms with Crippen LogP contribution in [0.3, 0.4) is 0 Å². The highest BCUT2D eigenvalue weighted by molar-refractivity contribution is 14.1. The van der Waals surface area contributed by atoms with Crippen molar-refractivity contribution in [2.45, 2.75) is 6.42 Å². The van der Waals surface area contributed by atoms with Gasteiger partial charge >= 0.3 is 0 Å². The number of hydrogen-bond donors (Lipinski definition) is 1. The van der Waals surface area contributed by atoms with Crippen molar-refractivity contribution in [3.05, 3.63) is 26.6 Å². The van der Waals surface area contributed by atoms with Crippen molar-refractivity contribution in [1.29, 1.82) is 5.26 Å². The van der Waals surface area contributed by atoms with E-state index in [1.165, 1.54) is 8.27 Å². The Bertz CT molecular complexity index is 486. The third-order valence-corrected chi connectivity index (χ3v) is 4.41. The summed E-state index contributed by atoms with van der Waals surface area (Å²) in [4.78, 5) is 1.08. The van der Waals surface area contributed by atoms with E-state index in [1.54, 1.807) is 11.3 Å². The predicted molar refractivity (Wildman–Crippen MR) is 68.3 cm³/mol. The number of anilines is 1. The van der Waals surface area contributed by atoms with Gasteiger partial charge in [-0.1, -0.05) is 0 Å². The molecule has 0 bridgehead atoms. The topological polar surface area (TPSA) is 49.8 Å². The van der Waals surface area contributed by atoms with Crippen LogP contribution >= 0.6 is 33.9 Å². The molecule has 0 aliphatic heterocycles. The Balaban J connectivity index is 2.70. The fourth-order valence-electron chi connectivity index (χ4n) is 1.33. The minimum Gasteiger partial charge on any atom is -0.398 e. The van der Waals surface area contributed by atoms with Crippen molar-refractivity contribution in [1.82, 2.24) is 0 Å². The molecule has 1 aromatic heterocycles. The zero-order chi connectivity index (χ0) is 10.1. The van der Waals surface area contributed by atoms with Gasteiger partial charge in [0.1, 0.15) is 0 Å². The van der Waals surface area contributed by atoms with Gasteiger partial charge in [-0.3, -0.25) is 0 Å². The Labute approximate surface area is 99.5 Å². The molecule has 0 amide bonds. The van der Waals surface area contributed by atoms with E-state index in [0.29, 0.717) is 6.42 Å². The fraction of sp³-hybridized carbons (Fsp3) is 0.100. The van der Waals surface area contributed by atoms with E-state index in [1.807, 2.05) is 18.2 Å². The van der Waals surface area contributed by atoms with Gasteiger partial charge in [0.05, 0.1) is 12.5 Å². The van der Waals surface area contributed by atoms with Gasteiger partial charge < -0.3 is 5.73 Å². The maximum atomic E-state index is 8.61. The number of hydrogen-bond acceptors (Lipinski definition) is 3. The summed E-state index contributed by atoms with van der Waals surface area (Å²) in [7, 11) is 0. The van der Waals surface area contributed by atoms with Gasteiger partial charge in [-0.05, 0) is 40.8 Å². The van der Waals surface area contributed by atoms with Gasteiger partial charge in [0.2, 0.25) is 0 Å². The van der Waals surface area contributed by atoms with Crippen molar-refractivity contribution >= 4 is 49.7 Å². The van der Waals surface area contributed by atoms with E-state index >= 15 is 0 Å². The summed E-state index contributed by atoms with van der Waals surface area (Å²) in [6.45, 7) is 0. The Morgan fingerprint density at radius 1 is 1.50 bits per heavy atom. The Morgan fingerprint density at radius 3 is 2.93 bits per heavy atom. The monoisotopic (exact) mass is 314 g/mol. The van der Waals surface area contributed by atoms with Crippen LogP contribution in [0.5, 0.6) is 0 Å². The van der Waals surface area contributed by atoms with E-state index < -0.39 is 0 Å². The maximum absolute atomic E-state index is 8.61. The highest BCUT2D eigenvalue weighted by Crippen LogP contribution is 2.33. The molecule has 1 aromatic carbocycles. The third kappa shape index (κ3) is 1.58. The first-order valence-electron chi connectivity index (χ1n) is 4.05. The smallest absolute Gasteiger partial charge is 0.0696 e. The number of nitrogens with two attached hydrogens (primary N) is 1. The molecule has 0 unspecified atom stereocenters. The lowest BCUT2D eigenvalue weighted by Gasteiger charge is -1.96. The van der Waals surface area contributed by atoms with Crippen LogP contribution < -0.4 is 5.73 Å². The van der Waals surface area contributed by atoms with Crippen LogP contribution in [0, 0.1) is 14.9 Å². The number of nitriles is 1. The van der Waals surface area contributed by atoms with E-state index in [9.17, 15) is 0 Å². The number of nitrogens with zero attached hydrogens (tertiary/aromatic N) is 1. The summed E-state index contributed by atoms with van der Waals surface area (Å²) in [5, 5.41) is 9.68. The average molecular weight is 314 g/mol. The van der Waals surface area contributed by atoms with Crippen LogP contribution in [-0.4, -0.2) is 0 Å². The van der Waals surface area contributed by atoms with E-state index in [4.69, 9.17) is 11.0 Å². The van der Waals surface area contributed by atoms with Crippen molar-refractivity contribution in [2.75, 3.05) is 5.73 Å². The van der Waals surface area contributed by atoms with Gasteiger partial charge in [0.25, 0.3) is 0 Å². The molecule has 4 heteroatoms. The Morgan fingerprint density at radius 2 is 2.29 bits per heavy atom. The average Bonchev–Trinajstić information content (AvgIpc) is 2.57. The highest BCUT2D eigenvalue weighted by atomic mass is 127. The molecule has 0 saturated carbocycles. The third-order valence-electron chi connectivity index (χ3n) is 1.97. The molecule has 2 rings (SSSR count). The summed E-state index contributed by atoms with van der Waals surface area (Å²) in [6, 6.07) is 8.08. The van der Waals surface area contributed by atoms with Crippen LogP contribution in [-0.2, 0) is 6.42 Å². The first-order valence-corrected chi connectivity index (χ1v) is 5.95. The first kappa shape index (κ1) is 9.74. The van der Waals surface area contributed by atoms with Crippen molar-refractivity contribution in [3.63, 3.8) is 0 Å². The molecule has 14 heavy (non-hydrogen) atoms. The second-order valence-electron chi connectivity index (χ2n) is 2.93. The first-order chi connectivity index (χ1) is 6.72. The van der Waals surface area contributed by atoms with Gasteiger partial charge in [0, 0.05) is 24.2 Å². The standard InChI is InChI=1S/C10H7IN2S/c11-8-1-2-9(13)7-5-6(3-4-12)14-10(7)8/h1-2,5H,3,13H2. The molecule has 0 saturated heterocycles. The number of rotatable bonds is 1. The van der Waals surface area contributed by atoms with Crippen LogP contribution in [0.1, 0.15) is 4.88 Å². The largest absolute Gasteiger partial charge is 0.398 e. The molecule has 0 fully saturated rings. The lowest BCUT2D eigenvalue weighted by atomic mass is 10.2. The highest BCUT2D eigenvalue weighted by Gasteiger charge is 2.07. The summed E-state index contributed by atoms with van der Waals surface area (Å²) < 4.78 is 2.39. The molecule has 0 radical (unpaired) electrons. The molecule has 0 spiro atoms. The van der Waals surface area contributed by atoms with E-state index in [-0.39, 0.29) is 0 Å². The number of nitrogen functional groups attached to an aromatic ring is 1. The van der Waals surface area contributed by atoms with Gasteiger partial charge in [-0.15, -0.1) is 11.3 Å². The SMILES string of the molecule is N#CCc1cc2c(N)ccc(I)c2s1. The summed E-state index contributed by atoms with van der Waals surface area (Å²) >= 11 is 3.94. The molecule has 1 heterocycles. The van der Waals surface area contributed by atoms with Crippen molar-refractivity contribution < 1.29 is 0 Å². The van der Waals surface area contributed by atoms with E-state index in [0.717, 1.165) is 16.0 Å². The summed E-state index contributed by atoms with van der Waals surface area (Å²) in [6.07, 6.45) is 0.467. The van der Waals surface area contributed by atoms with Crippen LogP contribution in [0.2, 0.25) is 0 Å². The quantitative estimate of drug-likeness (QED) is 0.649. The number of halogens is 1. The Hall–Kier alpha value is -0.800. The number of thiophene rings is 1. The van der Waals surface area contributed by atoms with Gasteiger partial charge in [-0.25, -0.2) is 0 Å². The molecule has 2 nitrogen and oxygen atoms in total. The lowest BCUT2D eigenvalue weighted by molar-refractivity contribution is 1.32. The predicted octanol–water partition coefficient (Wildman–Crippen LogP) is 3.15. The maximum Gasteiger partial charge on any atom is 0.0696 e. The van der Waals surface area contributed by atoms with E-state index in [2.05, 4.69) is 28.7 Å². The Kier molecular flexibility index (Phi) is 2.61. The minimum atomic E-state index is 0.467. The molecule has 0 aliphatic carbocycles. The fourth-order valence-corrected chi connectivity index (χ4v) is 3.16. The molecule has 70 valence electrons. The summed E-state index contributed by atoms with van der Waals surface area (Å²) in [5.74, 6) is 0. The zero-order valence-electron chi connectivity index (χ0n) is 7.25. The second kappa shape index (κ2) is 3.75. The normalized spacial score (nSPS) is 10.3. The number of benzene rings is 1. The molecular formula is C10H7IN2S. The lowest BCUT2D eigenvalue weighted by Crippen LogP contribution is -1.84. The van der Waals surface area contributed by atoms with Crippen LogP contribution in [0.4, 0.5) is 5.69 Å². The minimum absolute atomic E-state index is 0.467. The van der Waals surface area contributed by atoms with Gasteiger partial charge in [0.15, 0.2) is 0 Å². The van der Waals surface area contributed by atoms with Gasteiger partial charge in [-0.2, -0.15) is 5.26 Å². The second-order valence-corrected chi connectivity index (χ2v) is 5.23. The number of fused-ring (bicyclic) bond motifs is 1. The molecule has 0 aliphatic rings. The van der Waals surface area contributed by atoms with Crippen LogP contribution in [0.15, 0.2) is 18.2 Å².